The quantitative estimate of drug-likeness (QED) is 0.870. The summed E-state index contributed by atoms with van der Waals surface area (Å²) in [4.78, 5) is 14.0. The van der Waals surface area contributed by atoms with Crippen LogP contribution in [0.2, 0.25) is 0 Å². The summed E-state index contributed by atoms with van der Waals surface area (Å²) >= 11 is 0. The average molecular weight is 329 g/mol. The maximum absolute atomic E-state index is 13.1. The van der Waals surface area contributed by atoms with E-state index in [2.05, 4.69) is 0 Å². The Morgan fingerprint density at radius 2 is 1.52 bits per heavy atom. The Labute approximate surface area is 136 Å². The number of hydrogen-bond acceptors (Lipinski definition) is 3. The zero-order valence-electron chi connectivity index (χ0n) is 12.9. The van der Waals surface area contributed by atoms with Crippen molar-refractivity contribution in [2.75, 3.05) is 7.05 Å². The second-order valence-electron chi connectivity index (χ2n) is 5.80. The molecule has 1 fully saturated rings. The predicted molar refractivity (Wildman–Crippen MR) is 88.6 cm³/mol. The van der Waals surface area contributed by atoms with Crippen molar-refractivity contribution in [2.24, 2.45) is 0 Å². The average Bonchev–Trinajstić information content (AvgIpc) is 2.58. The molecule has 0 spiro atoms. The van der Waals surface area contributed by atoms with Gasteiger partial charge in [0.25, 0.3) is 0 Å². The third kappa shape index (κ3) is 2.88. The molecule has 1 amide bonds. The molecule has 4 nitrogen and oxygen atoms in total. The molecule has 1 aliphatic heterocycles. The van der Waals surface area contributed by atoms with Crippen LogP contribution in [0.1, 0.15) is 24.4 Å². The highest BCUT2D eigenvalue weighted by molar-refractivity contribution is 7.92. The Morgan fingerprint density at radius 3 is 2.13 bits per heavy atom. The molecule has 2 atom stereocenters. The second-order valence-corrected chi connectivity index (χ2v) is 7.96. The lowest BCUT2D eigenvalue weighted by molar-refractivity contribution is -0.134. The summed E-state index contributed by atoms with van der Waals surface area (Å²) in [5, 5.41) is -0.630. The molecule has 23 heavy (non-hydrogen) atoms. The van der Waals surface area contributed by atoms with Gasteiger partial charge in [0, 0.05) is 13.5 Å². The SMILES string of the molecule is CN1C(=O)CCC(S(=O)(=O)c2ccccc2)C1c1ccccc1. The molecule has 2 aromatic rings. The van der Waals surface area contributed by atoms with Gasteiger partial charge in [-0.3, -0.25) is 4.79 Å². The molecule has 120 valence electrons. The third-order valence-electron chi connectivity index (χ3n) is 4.42. The van der Waals surface area contributed by atoms with Gasteiger partial charge in [-0.2, -0.15) is 0 Å². The highest BCUT2D eigenvalue weighted by Crippen LogP contribution is 2.37. The number of hydrogen-bond donors (Lipinski definition) is 0. The Kier molecular flexibility index (Phi) is 4.22. The summed E-state index contributed by atoms with van der Waals surface area (Å²) in [6, 6.07) is 17.4. The van der Waals surface area contributed by atoms with Crippen molar-refractivity contribution in [1.82, 2.24) is 4.90 Å². The Hall–Kier alpha value is -2.14. The van der Waals surface area contributed by atoms with Crippen molar-refractivity contribution in [3.05, 3.63) is 66.2 Å². The number of piperidine rings is 1. The van der Waals surface area contributed by atoms with Gasteiger partial charge in [0.1, 0.15) is 0 Å². The van der Waals surface area contributed by atoms with Gasteiger partial charge in [-0.25, -0.2) is 8.42 Å². The van der Waals surface area contributed by atoms with E-state index in [-0.39, 0.29) is 12.3 Å². The highest BCUT2D eigenvalue weighted by Gasteiger charge is 2.42. The molecule has 0 aromatic heterocycles. The van der Waals surface area contributed by atoms with Crippen LogP contribution in [0, 0.1) is 0 Å². The fourth-order valence-corrected chi connectivity index (χ4v) is 5.20. The van der Waals surface area contributed by atoms with E-state index < -0.39 is 21.1 Å². The second kappa shape index (κ2) is 6.16. The van der Waals surface area contributed by atoms with Gasteiger partial charge in [-0.05, 0) is 24.1 Å². The van der Waals surface area contributed by atoms with Gasteiger partial charge >= 0.3 is 0 Å². The minimum Gasteiger partial charge on any atom is -0.337 e. The lowest BCUT2D eigenvalue weighted by Crippen LogP contribution is -2.46. The van der Waals surface area contributed by atoms with Crippen LogP contribution in [0.15, 0.2) is 65.6 Å². The molecule has 1 heterocycles. The van der Waals surface area contributed by atoms with Crippen LogP contribution in [-0.2, 0) is 14.6 Å². The van der Waals surface area contributed by atoms with Crippen molar-refractivity contribution < 1.29 is 13.2 Å². The van der Waals surface area contributed by atoms with Crippen LogP contribution >= 0.6 is 0 Å². The zero-order valence-corrected chi connectivity index (χ0v) is 13.7. The lowest BCUT2D eigenvalue weighted by Gasteiger charge is -2.38. The summed E-state index contributed by atoms with van der Waals surface area (Å²) < 4.78 is 26.2. The van der Waals surface area contributed by atoms with Crippen LogP contribution in [0.3, 0.4) is 0 Å². The van der Waals surface area contributed by atoms with Crippen LogP contribution in [0.4, 0.5) is 0 Å². The van der Waals surface area contributed by atoms with Gasteiger partial charge in [-0.1, -0.05) is 48.5 Å². The number of carbonyl (C=O) groups excluding carboxylic acids is 1. The first-order valence-corrected chi connectivity index (χ1v) is 9.16. The zero-order chi connectivity index (χ0) is 16.4. The third-order valence-corrected chi connectivity index (χ3v) is 6.64. The van der Waals surface area contributed by atoms with Gasteiger partial charge in [0.05, 0.1) is 16.2 Å². The van der Waals surface area contributed by atoms with Crippen molar-refractivity contribution in [3.8, 4) is 0 Å². The van der Waals surface area contributed by atoms with Crippen LogP contribution in [0.5, 0.6) is 0 Å². The molecule has 5 heteroatoms. The highest BCUT2D eigenvalue weighted by atomic mass is 32.2. The monoisotopic (exact) mass is 329 g/mol. The molecule has 0 radical (unpaired) electrons. The molecular formula is C18H19NO3S. The van der Waals surface area contributed by atoms with Crippen molar-refractivity contribution >= 4 is 15.7 Å². The molecule has 0 saturated carbocycles. The van der Waals surface area contributed by atoms with E-state index in [1.165, 1.54) is 0 Å². The first-order valence-electron chi connectivity index (χ1n) is 7.61. The smallest absolute Gasteiger partial charge is 0.222 e. The number of sulfone groups is 1. The molecular weight excluding hydrogens is 310 g/mol. The van der Waals surface area contributed by atoms with E-state index in [9.17, 15) is 13.2 Å². The summed E-state index contributed by atoms with van der Waals surface area (Å²) in [5.74, 6) is -0.0154. The first-order chi connectivity index (χ1) is 11.0. The van der Waals surface area contributed by atoms with Crippen LogP contribution < -0.4 is 0 Å². The van der Waals surface area contributed by atoms with E-state index in [0.717, 1.165) is 5.56 Å². The van der Waals surface area contributed by atoms with Crippen molar-refractivity contribution in [2.45, 2.75) is 29.0 Å². The molecule has 0 aliphatic carbocycles. The summed E-state index contributed by atoms with van der Waals surface area (Å²) in [5.41, 5.74) is 0.854. The lowest BCUT2D eigenvalue weighted by atomic mass is 9.95. The fraction of sp³-hybridized carbons (Fsp3) is 0.278. The minimum atomic E-state index is -3.51. The largest absolute Gasteiger partial charge is 0.337 e. The van der Waals surface area contributed by atoms with Gasteiger partial charge < -0.3 is 4.90 Å². The Morgan fingerprint density at radius 1 is 0.957 bits per heavy atom. The molecule has 2 unspecified atom stereocenters. The summed E-state index contributed by atoms with van der Waals surface area (Å²) in [6.45, 7) is 0. The van der Waals surface area contributed by atoms with E-state index in [4.69, 9.17) is 0 Å². The molecule has 0 bridgehead atoms. The van der Waals surface area contributed by atoms with Gasteiger partial charge in [-0.15, -0.1) is 0 Å². The van der Waals surface area contributed by atoms with E-state index in [1.54, 1.807) is 42.3 Å². The molecule has 0 N–H and O–H groups in total. The van der Waals surface area contributed by atoms with Crippen LogP contribution in [0.25, 0.3) is 0 Å². The maximum atomic E-state index is 13.1. The van der Waals surface area contributed by atoms with Crippen LogP contribution in [-0.4, -0.2) is 31.5 Å². The maximum Gasteiger partial charge on any atom is 0.222 e. The van der Waals surface area contributed by atoms with Gasteiger partial charge in [0.15, 0.2) is 9.84 Å². The molecule has 1 saturated heterocycles. The first kappa shape index (κ1) is 15.7. The van der Waals surface area contributed by atoms with Crippen molar-refractivity contribution in [3.63, 3.8) is 0 Å². The predicted octanol–water partition coefficient (Wildman–Crippen LogP) is 2.82. The molecule has 1 aliphatic rings. The number of rotatable bonds is 3. The standard InChI is InChI=1S/C18H19NO3S/c1-19-17(20)13-12-16(18(19)14-8-4-2-5-9-14)23(21,22)15-10-6-3-7-11-15/h2-11,16,18H,12-13H2,1H3. The molecule has 2 aromatic carbocycles. The summed E-state index contributed by atoms with van der Waals surface area (Å²) in [6.07, 6.45) is 0.608. The number of likely N-dealkylation sites (tertiary alicyclic amines) is 1. The van der Waals surface area contributed by atoms with Crippen molar-refractivity contribution in [1.29, 1.82) is 0 Å². The number of amides is 1. The number of carbonyl (C=O) groups is 1. The number of benzene rings is 2. The number of nitrogens with zero attached hydrogens (tertiary/aromatic N) is 1. The van der Waals surface area contributed by atoms with E-state index in [1.807, 2.05) is 30.3 Å². The van der Waals surface area contributed by atoms with E-state index in [0.29, 0.717) is 11.3 Å². The Bertz CT molecular complexity index is 788. The Balaban J connectivity index is 2.07. The molecule has 3 rings (SSSR count). The topological polar surface area (TPSA) is 54.5 Å². The fourth-order valence-electron chi connectivity index (χ4n) is 3.20. The van der Waals surface area contributed by atoms with Gasteiger partial charge in [0.2, 0.25) is 5.91 Å². The summed E-state index contributed by atoms with van der Waals surface area (Å²) in [7, 11) is -1.82. The van der Waals surface area contributed by atoms with E-state index >= 15 is 0 Å². The normalized spacial score (nSPS) is 22.1. The minimum absolute atomic E-state index is 0.0154.